The van der Waals surface area contributed by atoms with Crippen LogP contribution in [0.5, 0.6) is 0 Å². The van der Waals surface area contributed by atoms with Crippen LogP contribution >= 0.6 is 0 Å². The summed E-state index contributed by atoms with van der Waals surface area (Å²) in [5, 5.41) is 2.78. The van der Waals surface area contributed by atoms with Crippen LogP contribution in [0.4, 0.5) is 0 Å². The molecule has 0 spiro atoms. The number of amides is 1. The van der Waals surface area contributed by atoms with Gasteiger partial charge in [0.05, 0.1) is 0 Å². The van der Waals surface area contributed by atoms with Crippen LogP contribution in [0.3, 0.4) is 0 Å². The molecular weight excluding hydrogens is 304 g/mol. The number of carbonyl (C=O) groups excluding carboxylic acids is 1. The molecule has 0 saturated heterocycles. The summed E-state index contributed by atoms with van der Waals surface area (Å²) in [5.41, 5.74) is 2.57. The summed E-state index contributed by atoms with van der Waals surface area (Å²) in [4.78, 5) is 33.4. The fraction of sp³-hybridized carbons (Fsp3) is 0.222. The lowest BCUT2D eigenvalue weighted by Gasteiger charge is -2.10. The lowest BCUT2D eigenvalue weighted by atomic mass is 10.1. The smallest absolute Gasteiger partial charge is 0.283 e. The highest BCUT2D eigenvalue weighted by Crippen LogP contribution is 2.08. The van der Waals surface area contributed by atoms with Gasteiger partial charge in [0, 0.05) is 19.3 Å². The Morgan fingerprint density at radius 3 is 2.75 bits per heavy atom. The van der Waals surface area contributed by atoms with Gasteiger partial charge in [-0.1, -0.05) is 24.3 Å². The van der Waals surface area contributed by atoms with Crippen molar-refractivity contribution in [3.63, 3.8) is 0 Å². The summed E-state index contributed by atoms with van der Waals surface area (Å²) in [6, 6.07) is 11.3. The van der Waals surface area contributed by atoms with Gasteiger partial charge in [-0.2, -0.15) is 0 Å². The number of nitrogens with one attached hydrogen (secondary N) is 1. The quantitative estimate of drug-likeness (QED) is 0.797. The van der Waals surface area contributed by atoms with Crippen LogP contribution in [-0.4, -0.2) is 20.4 Å². The van der Waals surface area contributed by atoms with Gasteiger partial charge >= 0.3 is 0 Å². The molecule has 0 unspecified atom stereocenters. The predicted octanol–water partition coefficient (Wildman–Crippen LogP) is 2.05. The molecule has 6 heteroatoms. The number of rotatable bonds is 4. The van der Waals surface area contributed by atoms with Gasteiger partial charge in [-0.25, -0.2) is 9.97 Å². The first kappa shape index (κ1) is 15.9. The maximum atomic E-state index is 12.5. The monoisotopic (exact) mass is 322 g/mol. The largest absolute Gasteiger partial charge is 0.346 e. The number of hydrogen-bond acceptors (Lipinski definition) is 4. The molecule has 2 aromatic heterocycles. The molecule has 1 amide bonds. The van der Waals surface area contributed by atoms with Crippen molar-refractivity contribution in [2.24, 2.45) is 0 Å². The first-order chi connectivity index (χ1) is 11.6. The van der Waals surface area contributed by atoms with E-state index >= 15 is 0 Å². The second-order valence-corrected chi connectivity index (χ2v) is 5.47. The van der Waals surface area contributed by atoms with Crippen LogP contribution in [0, 0.1) is 6.92 Å². The molecule has 0 atom stereocenters. The van der Waals surface area contributed by atoms with Gasteiger partial charge in [0.15, 0.2) is 11.3 Å². The zero-order valence-corrected chi connectivity index (χ0v) is 13.6. The molecule has 24 heavy (non-hydrogen) atoms. The fourth-order valence-electron chi connectivity index (χ4n) is 2.58. The summed E-state index contributed by atoms with van der Waals surface area (Å²) in [6.07, 6.45) is 1.60. The van der Waals surface area contributed by atoms with E-state index in [0.717, 1.165) is 11.1 Å². The van der Waals surface area contributed by atoms with E-state index in [2.05, 4.69) is 15.3 Å². The van der Waals surface area contributed by atoms with E-state index in [0.29, 0.717) is 24.3 Å². The van der Waals surface area contributed by atoms with Crippen molar-refractivity contribution in [3.8, 4) is 0 Å². The predicted molar refractivity (Wildman–Crippen MR) is 91.8 cm³/mol. The minimum atomic E-state index is -0.476. The first-order valence-corrected chi connectivity index (χ1v) is 7.80. The summed E-state index contributed by atoms with van der Waals surface area (Å²) in [5.74, 6) is -0.476. The van der Waals surface area contributed by atoms with Gasteiger partial charge < -0.3 is 5.32 Å². The maximum Gasteiger partial charge on any atom is 0.283 e. The molecule has 0 aliphatic rings. The molecule has 1 N–H and O–H groups in total. The first-order valence-electron chi connectivity index (χ1n) is 7.80. The normalized spacial score (nSPS) is 10.8. The highest BCUT2D eigenvalue weighted by Gasteiger charge is 2.17. The molecule has 3 aromatic rings. The van der Waals surface area contributed by atoms with Crippen LogP contribution in [0.2, 0.25) is 0 Å². The molecular formula is C18H18N4O2. The van der Waals surface area contributed by atoms with E-state index in [9.17, 15) is 9.59 Å². The van der Waals surface area contributed by atoms with Gasteiger partial charge in [-0.3, -0.25) is 14.2 Å². The van der Waals surface area contributed by atoms with Crippen molar-refractivity contribution in [1.29, 1.82) is 0 Å². The molecule has 1 aromatic carbocycles. The van der Waals surface area contributed by atoms with Crippen LogP contribution in [0.15, 0.2) is 47.4 Å². The fourth-order valence-corrected chi connectivity index (χ4v) is 2.58. The van der Waals surface area contributed by atoms with Crippen molar-refractivity contribution in [1.82, 2.24) is 19.9 Å². The number of hydrogen-bond donors (Lipinski definition) is 1. The number of nitrogens with zero attached hydrogens (tertiary/aromatic N) is 3. The van der Waals surface area contributed by atoms with Crippen molar-refractivity contribution in [3.05, 3.63) is 69.8 Å². The highest BCUT2D eigenvalue weighted by atomic mass is 16.2. The van der Waals surface area contributed by atoms with E-state index in [1.165, 1.54) is 4.57 Å². The SMILES string of the molecule is CCn1c(=O)c(C(=O)NCc2ccccc2C)nc2cccnc21. The number of pyridine rings is 1. The highest BCUT2D eigenvalue weighted by molar-refractivity contribution is 5.93. The molecule has 6 nitrogen and oxygen atoms in total. The summed E-state index contributed by atoms with van der Waals surface area (Å²) < 4.78 is 1.46. The number of aryl methyl sites for hydroxylation is 2. The van der Waals surface area contributed by atoms with Crippen LogP contribution < -0.4 is 10.9 Å². The van der Waals surface area contributed by atoms with E-state index in [4.69, 9.17) is 0 Å². The van der Waals surface area contributed by atoms with Crippen LogP contribution in [0.25, 0.3) is 11.2 Å². The third-order valence-corrected chi connectivity index (χ3v) is 3.93. The lowest BCUT2D eigenvalue weighted by Crippen LogP contribution is -2.34. The summed E-state index contributed by atoms with van der Waals surface area (Å²) in [7, 11) is 0. The molecule has 2 heterocycles. The van der Waals surface area contributed by atoms with Crippen LogP contribution in [-0.2, 0) is 13.1 Å². The number of fused-ring (bicyclic) bond motifs is 1. The zero-order valence-electron chi connectivity index (χ0n) is 13.6. The molecule has 122 valence electrons. The second-order valence-electron chi connectivity index (χ2n) is 5.47. The Bertz CT molecular complexity index is 963. The Morgan fingerprint density at radius 1 is 1.21 bits per heavy atom. The van der Waals surface area contributed by atoms with Crippen molar-refractivity contribution >= 4 is 17.1 Å². The van der Waals surface area contributed by atoms with Gasteiger partial charge in [0.25, 0.3) is 11.5 Å². The van der Waals surface area contributed by atoms with Gasteiger partial charge in [0.1, 0.15) is 5.52 Å². The Morgan fingerprint density at radius 2 is 2.00 bits per heavy atom. The minimum Gasteiger partial charge on any atom is -0.346 e. The zero-order chi connectivity index (χ0) is 17.1. The number of benzene rings is 1. The summed E-state index contributed by atoms with van der Waals surface area (Å²) >= 11 is 0. The van der Waals surface area contributed by atoms with Crippen LogP contribution in [0.1, 0.15) is 28.5 Å². The topological polar surface area (TPSA) is 76.9 Å². The average molecular weight is 322 g/mol. The van der Waals surface area contributed by atoms with E-state index in [-0.39, 0.29) is 5.69 Å². The van der Waals surface area contributed by atoms with Gasteiger partial charge in [-0.05, 0) is 37.1 Å². The Hall–Kier alpha value is -3.02. The Kier molecular flexibility index (Phi) is 4.37. The average Bonchev–Trinajstić information content (AvgIpc) is 2.60. The Labute approximate surface area is 139 Å². The Balaban J connectivity index is 1.94. The summed E-state index contributed by atoms with van der Waals surface area (Å²) in [6.45, 7) is 4.59. The maximum absolute atomic E-state index is 12.5. The molecule has 0 saturated carbocycles. The van der Waals surface area contributed by atoms with E-state index in [1.54, 1.807) is 18.3 Å². The molecule has 3 rings (SSSR count). The van der Waals surface area contributed by atoms with E-state index in [1.807, 2.05) is 38.1 Å². The van der Waals surface area contributed by atoms with Gasteiger partial charge in [-0.15, -0.1) is 0 Å². The number of carbonyl (C=O) groups is 1. The molecule has 0 aliphatic carbocycles. The number of aromatic nitrogens is 3. The lowest BCUT2D eigenvalue weighted by molar-refractivity contribution is 0.0944. The molecule has 0 bridgehead atoms. The third kappa shape index (κ3) is 2.90. The standard InChI is InChI=1S/C18H18N4O2/c1-3-22-16-14(9-6-10-19-16)21-15(18(22)24)17(23)20-11-13-8-5-4-7-12(13)2/h4-10H,3,11H2,1-2H3,(H,20,23). The van der Waals surface area contributed by atoms with E-state index < -0.39 is 11.5 Å². The molecule has 0 radical (unpaired) electrons. The van der Waals surface area contributed by atoms with Crippen molar-refractivity contribution < 1.29 is 4.79 Å². The second kappa shape index (κ2) is 6.62. The third-order valence-electron chi connectivity index (χ3n) is 3.93. The van der Waals surface area contributed by atoms with Crippen molar-refractivity contribution in [2.45, 2.75) is 26.9 Å². The molecule has 0 aliphatic heterocycles. The van der Waals surface area contributed by atoms with Crippen molar-refractivity contribution in [2.75, 3.05) is 0 Å². The molecule has 0 fully saturated rings. The minimum absolute atomic E-state index is 0.106. The van der Waals surface area contributed by atoms with Gasteiger partial charge in [0.2, 0.25) is 0 Å².